The molecule has 0 spiro atoms. The van der Waals surface area contributed by atoms with Crippen LogP contribution in [0, 0.1) is 11.3 Å². The van der Waals surface area contributed by atoms with Gasteiger partial charge in [-0.3, -0.25) is 0 Å². The zero-order chi connectivity index (χ0) is 11.3. The summed E-state index contributed by atoms with van der Waals surface area (Å²) < 4.78 is 0. The quantitative estimate of drug-likeness (QED) is 0.819. The van der Waals surface area contributed by atoms with Crippen molar-refractivity contribution in [3.05, 3.63) is 35.4 Å². The van der Waals surface area contributed by atoms with Crippen LogP contribution in [0.5, 0.6) is 0 Å². The van der Waals surface area contributed by atoms with Crippen LogP contribution < -0.4 is 0 Å². The number of halogens is 1. The molecule has 2 atom stereocenters. The molecule has 0 saturated heterocycles. The van der Waals surface area contributed by atoms with Crippen molar-refractivity contribution in [3.63, 3.8) is 0 Å². The summed E-state index contributed by atoms with van der Waals surface area (Å²) in [5.74, 6) is 0. The molecule has 2 unspecified atom stereocenters. The third-order valence-corrected chi connectivity index (χ3v) is 2.61. The molecule has 0 aromatic heterocycles. The molecule has 2 N–H and O–H groups in total. The zero-order valence-corrected chi connectivity index (χ0v) is 9.68. The SMILES string of the molecule is N#Cc1ccc(C(O)C(O)CCBr)cc1. The molecule has 0 radical (unpaired) electrons. The Bertz CT molecular complexity index is 345. The van der Waals surface area contributed by atoms with E-state index in [0.29, 0.717) is 22.9 Å². The van der Waals surface area contributed by atoms with E-state index in [0.717, 1.165) is 0 Å². The lowest BCUT2D eigenvalue weighted by atomic mass is 10.0. The second-order valence-electron chi connectivity index (χ2n) is 3.22. The monoisotopic (exact) mass is 269 g/mol. The summed E-state index contributed by atoms with van der Waals surface area (Å²) in [6.07, 6.45) is -1.19. The highest BCUT2D eigenvalue weighted by Gasteiger charge is 2.17. The number of nitriles is 1. The van der Waals surface area contributed by atoms with E-state index < -0.39 is 12.2 Å². The van der Waals surface area contributed by atoms with E-state index in [-0.39, 0.29) is 0 Å². The molecule has 15 heavy (non-hydrogen) atoms. The summed E-state index contributed by atoms with van der Waals surface area (Å²) in [5.41, 5.74) is 1.17. The van der Waals surface area contributed by atoms with Crippen molar-refractivity contribution in [2.24, 2.45) is 0 Å². The topological polar surface area (TPSA) is 64.2 Å². The Morgan fingerprint density at radius 3 is 2.33 bits per heavy atom. The van der Waals surface area contributed by atoms with E-state index in [1.807, 2.05) is 6.07 Å². The Labute approximate surface area is 97.1 Å². The molecule has 1 aromatic carbocycles. The Hall–Kier alpha value is -0.890. The minimum absolute atomic E-state index is 0.487. The molecule has 0 amide bonds. The number of benzene rings is 1. The van der Waals surface area contributed by atoms with E-state index in [2.05, 4.69) is 15.9 Å². The number of aliphatic hydroxyl groups excluding tert-OH is 2. The van der Waals surface area contributed by atoms with Gasteiger partial charge in [0.25, 0.3) is 0 Å². The van der Waals surface area contributed by atoms with Gasteiger partial charge in [-0.25, -0.2) is 0 Å². The van der Waals surface area contributed by atoms with Crippen LogP contribution in [-0.2, 0) is 0 Å². The molecule has 0 bridgehead atoms. The maximum Gasteiger partial charge on any atom is 0.105 e. The first-order valence-corrected chi connectivity index (χ1v) is 5.73. The highest BCUT2D eigenvalue weighted by atomic mass is 79.9. The van der Waals surface area contributed by atoms with Crippen molar-refractivity contribution >= 4 is 15.9 Å². The number of rotatable bonds is 4. The number of alkyl halides is 1. The molecule has 1 rings (SSSR count). The summed E-state index contributed by atoms with van der Waals surface area (Å²) in [6.45, 7) is 0. The first kappa shape index (κ1) is 12.2. The summed E-state index contributed by atoms with van der Waals surface area (Å²) in [4.78, 5) is 0. The first-order chi connectivity index (χ1) is 7.19. The Morgan fingerprint density at radius 1 is 1.27 bits per heavy atom. The van der Waals surface area contributed by atoms with E-state index in [1.54, 1.807) is 24.3 Å². The Morgan fingerprint density at radius 2 is 1.87 bits per heavy atom. The molecule has 0 fully saturated rings. The molecule has 80 valence electrons. The van der Waals surface area contributed by atoms with Gasteiger partial charge in [-0.05, 0) is 24.1 Å². The predicted molar refractivity (Wildman–Crippen MR) is 60.5 cm³/mol. The first-order valence-electron chi connectivity index (χ1n) is 4.61. The smallest absolute Gasteiger partial charge is 0.105 e. The van der Waals surface area contributed by atoms with Gasteiger partial charge >= 0.3 is 0 Å². The van der Waals surface area contributed by atoms with Crippen molar-refractivity contribution in [3.8, 4) is 6.07 Å². The van der Waals surface area contributed by atoms with Crippen LogP contribution in [0.25, 0.3) is 0 Å². The van der Waals surface area contributed by atoms with E-state index >= 15 is 0 Å². The molecule has 4 heteroatoms. The molecular weight excluding hydrogens is 258 g/mol. The number of hydrogen-bond acceptors (Lipinski definition) is 3. The Balaban J connectivity index is 2.74. The maximum atomic E-state index is 9.73. The van der Waals surface area contributed by atoms with Crippen LogP contribution in [-0.4, -0.2) is 21.6 Å². The van der Waals surface area contributed by atoms with Crippen molar-refractivity contribution in [1.82, 2.24) is 0 Å². The van der Waals surface area contributed by atoms with Gasteiger partial charge in [-0.15, -0.1) is 0 Å². The lowest BCUT2D eigenvalue weighted by Gasteiger charge is -2.16. The second kappa shape index (κ2) is 5.86. The predicted octanol–water partition coefficient (Wildman–Crippen LogP) is 1.74. The number of nitrogens with zero attached hydrogens (tertiary/aromatic N) is 1. The van der Waals surface area contributed by atoms with Crippen molar-refractivity contribution in [2.75, 3.05) is 5.33 Å². The van der Waals surface area contributed by atoms with E-state index in [9.17, 15) is 10.2 Å². The molecule has 0 aliphatic carbocycles. The molecule has 1 aromatic rings. The standard InChI is InChI=1S/C11H12BrNO2/c12-6-5-10(14)11(15)9-3-1-8(7-13)2-4-9/h1-4,10-11,14-15H,5-6H2. The molecule has 0 heterocycles. The average Bonchev–Trinajstić information content (AvgIpc) is 2.28. The lowest BCUT2D eigenvalue weighted by molar-refractivity contribution is 0.0173. The van der Waals surface area contributed by atoms with Crippen molar-refractivity contribution < 1.29 is 10.2 Å². The highest BCUT2D eigenvalue weighted by Crippen LogP contribution is 2.19. The van der Waals surface area contributed by atoms with Crippen LogP contribution in [0.4, 0.5) is 0 Å². The second-order valence-corrected chi connectivity index (χ2v) is 4.02. The third-order valence-electron chi connectivity index (χ3n) is 2.15. The van der Waals surface area contributed by atoms with Crippen LogP contribution >= 0.6 is 15.9 Å². The number of hydrogen-bond donors (Lipinski definition) is 2. The van der Waals surface area contributed by atoms with Gasteiger partial charge in [-0.2, -0.15) is 5.26 Å². The summed E-state index contributed by atoms with van der Waals surface area (Å²) >= 11 is 3.20. The fourth-order valence-electron chi connectivity index (χ4n) is 1.25. The fourth-order valence-corrected chi connectivity index (χ4v) is 1.72. The van der Waals surface area contributed by atoms with Crippen LogP contribution in [0.1, 0.15) is 23.7 Å². The third kappa shape index (κ3) is 3.31. The van der Waals surface area contributed by atoms with E-state index in [4.69, 9.17) is 5.26 Å². The lowest BCUT2D eigenvalue weighted by Crippen LogP contribution is -2.18. The Kier molecular flexibility index (Phi) is 4.76. The molecule has 0 aliphatic rings. The normalized spacial score (nSPS) is 14.3. The van der Waals surface area contributed by atoms with Gasteiger partial charge in [0, 0.05) is 5.33 Å². The summed E-state index contributed by atoms with van der Waals surface area (Å²) in [6, 6.07) is 8.55. The van der Waals surface area contributed by atoms with Gasteiger partial charge in [-0.1, -0.05) is 28.1 Å². The van der Waals surface area contributed by atoms with Gasteiger partial charge < -0.3 is 10.2 Å². The minimum atomic E-state index is -0.893. The zero-order valence-electron chi connectivity index (χ0n) is 8.10. The molecular formula is C11H12BrNO2. The van der Waals surface area contributed by atoms with Gasteiger partial charge in [0.15, 0.2) is 0 Å². The van der Waals surface area contributed by atoms with Crippen molar-refractivity contribution in [2.45, 2.75) is 18.6 Å². The maximum absolute atomic E-state index is 9.73. The van der Waals surface area contributed by atoms with Crippen LogP contribution in [0.15, 0.2) is 24.3 Å². The minimum Gasteiger partial charge on any atom is -0.390 e. The molecule has 0 saturated carbocycles. The van der Waals surface area contributed by atoms with Gasteiger partial charge in [0.05, 0.1) is 17.7 Å². The largest absolute Gasteiger partial charge is 0.390 e. The van der Waals surface area contributed by atoms with Crippen molar-refractivity contribution in [1.29, 1.82) is 5.26 Å². The summed E-state index contributed by atoms with van der Waals surface area (Å²) in [7, 11) is 0. The highest BCUT2D eigenvalue weighted by molar-refractivity contribution is 9.09. The van der Waals surface area contributed by atoms with Gasteiger partial charge in [0.1, 0.15) is 6.10 Å². The van der Waals surface area contributed by atoms with E-state index in [1.165, 1.54) is 0 Å². The average molecular weight is 270 g/mol. The van der Waals surface area contributed by atoms with Gasteiger partial charge in [0.2, 0.25) is 0 Å². The van der Waals surface area contributed by atoms with Crippen LogP contribution in [0.2, 0.25) is 0 Å². The summed E-state index contributed by atoms with van der Waals surface area (Å²) in [5, 5.41) is 28.5. The number of aliphatic hydroxyl groups is 2. The fraction of sp³-hybridized carbons (Fsp3) is 0.364. The molecule has 0 aliphatic heterocycles. The van der Waals surface area contributed by atoms with Crippen LogP contribution in [0.3, 0.4) is 0 Å². The molecule has 3 nitrogen and oxygen atoms in total.